The summed E-state index contributed by atoms with van der Waals surface area (Å²) in [5, 5.41) is 2.96. The molecule has 1 amide bonds. The number of carbonyl (C=O) groups is 1. The van der Waals surface area contributed by atoms with Gasteiger partial charge in [0.25, 0.3) is 0 Å². The Balaban J connectivity index is 0.00000182. The molecule has 1 aromatic heterocycles. The van der Waals surface area contributed by atoms with Gasteiger partial charge in [-0.3, -0.25) is 4.79 Å². The standard InChI is InChI=1S/C20H24N4O.2ClH/c1-14(15(2)21)20(25)22-11-16-6-5-7-17(10-16)12-24-13-23-18-8-3-4-9-19(18)24;;/h3-10,13-15H,11-12,21H2,1-2H3,(H,22,25);2*1H. The van der Waals surface area contributed by atoms with E-state index in [1.165, 1.54) is 5.56 Å². The van der Waals surface area contributed by atoms with Crippen LogP contribution in [0.4, 0.5) is 0 Å². The van der Waals surface area contributed by atoms with E-state index >= 15 is 0 Å². The number of nitrogens with one attached hydrogen (secondary N) is 1. The van der Waals surface area contributed by atoms with E-state index in [0.717, 1.165) is 23.1 Å². The second-order valence-corrected chi connectivity index (χ2v) is 6.55. The van der Waals surface area contributed by atoms with E-state index in [-0.39, 0.29) is 42.7 Å². The maximum atomic E-state index is 12.0. The fourth-order valence-corrected chi connectivity index (χ4v) is 2.76. The SMILES string of the molecule is CC(N)C(C)C(=O)NCc1cccc(Cn2cnc3ccccc32)c1.Cl.Cl. The van der Waals surface area contributed by atoms with E-state index in [2.05, 4.69) is 33.1 Å². The van der Waals surface area contributed by atoms with Gasteiger partial charge in [-0.15, -0.1) is 24.8 Å². The monoisotopic (exact) mass is 408 g/mol. The topological polar surface area (TPSA) is 72.9 Å². The Morgan fingerprint density at radius 1 is 1.11 bits per heavy atom. The lowest BCUT2D eigenvalue weighted by Gasteiger charge is -2.15. The number of nitrogens with zero attached hydrogens (tertiary/aromatic N) is 2. The molecule has 0 saturated heterocycles. The summed E-state index contributed by atoms with van der Waals surface area (Å²) in [5.74, 6) is -0.207. The zero-order valence-electron chi connectivity index (χ0n) is 15.5. The number of halogens is 2. The Bertz CT molecular complexity index is 879. The van der Waals surface area contributed by atoms with Crippen molar-refractivity contribution in [3.8, 4) is 0 Å². The molecule has 0 radical (unpaired) electrons. The number of aromatic nitrogens is 2. The summed E-state index contributed by atoms with van der Waals surface area (Å²) in [6.45, 7) is 4.95. The Morgan fingerprint density at radius 2 is 1.81 bits per heavy atom. The van der Waals surface area contributed by atoms with Crippen molar-refractivity contribution in [3.05, 3.63) is 66.0 Å². The average molecular weight is 409 g/mol. The van der Waals surface area contributed by atoms with Crippen molar-refractivity contribution in [2.75, 3.05) is 0 Å². The molecule has 0 aliphatic rings. The van der Waals surface area contributed by atoms with Gasteiger partial charge in [0.2, 0.25) is 5.91 Å². The number of hydrogen-bond donors (Lipinski definition) is 2. The predicted octanol–water partition coefficient (Wildman–Crippen LogP) is 3.53. The minimum atomic E-state index is -0.194. The number of imidazole rings is 1. The molecular formula is C20H26Cl2N4O. The molecule has 146 valence electrons. The second kappa shape index (κ2) is 10.3. The molecule has 7 heteroatoms. The third-order valence-electron chi connectivity index (χ3n) is 4.54. The van der Waals surface area contributed by atoms with Crippen LogP contribution < -0.4 is 11.1 Å². The summed E-state index contributed by atoms with van der Waals surface area (Å²) >= 11 is 0. The predicted molar refractivity (Wildman–Crippen MR) is 114 cm³/mol. The number of fused-ring (bicyclic) bond motifs is 1. The van der Waals surface area contributed by atoms with Crippen LogP contribution in [0, 0.1) is 5.92 Å². The smallest absolute Gasteiger partial charge is 0.224 e. The fourth-order valence-electron chi connectivity index (χ4n) is 2.76. The number of amides is 1. The number of para-hydroxylation sites is 2. The van der Waals surface area contributed by atoms with Gasteiger partial charge in [-0.1, -0.05) is 43.3 Å². The first-order valence-electron chi connectivity index (χ1n) is 8.55. The molecule has 3 aromatic rings. The number of nitrogens with two attached hydrogens (primary N) is 1. The number of hydrogen-bond acceptors (Lipinski definition) is 3. The van der Waals surface area contributed by atoms with E-state index in [1.807, 2.05) is 50.5 Å². The van der Waals surface area contributed by atoms with Crippen molar-refractivity contribution in [1.29, 1.82) is 0 Å². The Kier molecular flexibility index (Phi) is 8.76. The number of carbonyl (C=O) groups excluding carboxylic acids is 1. The van der Waals surface area contributed by atoms with Crippen LogP contribution in [0.2, 0.25) is 0 Å². The minimum absolute atomic E-state index is 0. The summed E-state index contributed by atoms with van der Waals surface area (Å²) in [5.41, 5.74) is 10.1. The van der Waals surface area contributed by atoms with Crippen LogP contribution >= 0.6 is 24.8 Å². The zero-order valence-corrected chi connectivity index (χ0v) is 17.1. The largest absolute Gasteiger partial charge is 0.352 e. The first-order chi connectivity index (χ1) is 12.0. The van der Waals surface area contributed by atoms with Gasteiger partial charge in [0, 0.05) is 25.0 Å². The fraction of sp³-hybridized carbons (Fsp3) is 0.300. The first kappa shape index (κ1) is 23.0. The van der Waals surface area contributed by atoms with Crippen LogP contribution in [0.5, 0.6) is 0 Å². The molecule has 27 heavy (non-hydrogen) atoms. The second-order valence-electron chi connectivity index (χ2n) is 6.55. The van der Waals surface area contributed by atoms with E-state index in [4.69, 9.17) is 5.73 Å². The molecule has 0 aliphatic carbocycles. The van der Waals surface area contributed by atoms with Gasteiger partial charge >= 0.3 is 0 Å². The van der Waals surface area contributed by atoms with Crippen molar-refractivity contribution < 1.29 is 4.79 Å². The van der Waals surface area contributed by atoms with Crippen LogP contribution in [0.25, 0.3) is 11.0 Å². The van der Waals surface area contributed by atoms with E-state index in [1.54, 1.807) is 0 Å². The van der Waals surface area contributed by atoms with Gasteiger partial charge in [-0.2, -0.15) is 0 Å². The average Bonchev–Trinajstić information content (AvgIpc) is 3.02. The van der Waals surface area contributed by atoms with Crippen molar-refractivity contribution in [1.82, 2.24) is 14.9 Å². The van der Waals surface area contributed by atoms with Crippen molar-refractivity contribution in [3.63, 3.8) is 0 Å². The van der Waals surface area contributed by atoms with Gasteiger partial charge < -0.3 is 15.6 Å². The maximum absolute atomic E-state index is 12.0. The summed E-state index contributed by atoms with van der Waals surface area (Å²) in [4.78, 5) is 16.5. The summed E-state index contributed by atoms with van der Waals surface area (Å²) in [7, 11) is 0. The van der Waals surface area contributed by atoms with Crippen LogP contribution in [0.3, 0.4) is 0 Å². The molecule has 3 rings (SSSR count). The Hall–Kier alpha value is -2.08. The van der Waals surface area contributed by atoms with Crippen molar-refractivity contribution in [2.24, 2.45) is 11.7 Å². The molecule has 0 bridgehead atoms. The molecule has 0 aliphatic heterocycles. The van der Waals surface area contributed by atoms with Crippen LogP contribution in [0.1, 0.15) is 25.0 Å². The molecule has 1 heterocycles. The summed E-state index contributed by atoms with van der Waals surface area (Å²) < 4.78 is 2.13. The lowest BCUT2D eigenvalue weighted by atomic mass is 10.0. The highest BCUT2D eigenvalue weighted by atomic mass is 35.5. The number of rotatable bonds is 6. The van der Waals surface area contributed by atoms with Gasteiger partial charge in [-0.25, -0.2) is 4.98 Å². The highest BCUT2D eigenvalue weighted by Crippen LogP contribution is 2.15. The molecule has 3 N–H and O–H groups in total. The van der Waals surface area contributed by atoms with Crippen LogP contribution in [0.15, 0.2) is 54.9 Å². The molecular weight excluding hydrogens is 383 g/mol. The molecule has 2 atom stereocenters. The minimum Gasteiger partial charge on any atom is -0.352 e. The third kappa shape index (κ3) is 5.70. The lowest BCUT2D eigenvalue weighted by Crippen LogP contribution is -2.38. The van der Waals surface area contributed by atoms with E-state index < -0.39 is 0 Å². The van der Waals surface area contributed by atoms with E-state index in [0.29, 0.717) is 6.54 Å². The highest BCUT2D eigenvalue weighted by molar-refractivity contribution is 5.85. The lowest BCUT2D eigenvalue weighted by molar-refractivity contribution is -0.125. The molecule has 2 unspecified atom stereocenters. The van der Waals surface area contributed by atoms with Crippen molar-refractivity contribution in [2.45, 2.75) is 33.0 Å². The molecule has 2 aromatic carbocycles. The normalized spacial score (nSPS) is 12.6. The van der Waals surface area contributed by atoms with Gasteiger partial charge in [0.05, 0.1) is 17.4 Å². The zero-order chi connectivity index (χ0) is 17.8. The Labute approximate surface area is 172 Å². The molecule has 0 saturated carbocycles. The molecule has 0 fully saturated rings. The summed E-state index contributed by atoms with van der Waals surface area (Å²) in [6, 6.07) is 16.2. The third-order valence-corrected chi connectivity index (χ3v) is 4.54. The Morgan fingerprint density at radius 3 is 2.56 bits per heavy atom. The highest BCUT2D eigenvalue weighted by Gasteiger charge is 2.16. The first-order valence-corrected chi connectivity index (χ1v) is 8.55. The quantitative estimate of drug-likeness (QED) is 0.654. The van der Waals surface area contributed by atoms with Gasteiger partial charge in [0.1, 0.15) is 0 Å². The van der Waals surface area contributed by atoms with Gasteiger partial charge in [0.15, 0.2) is 0 Å². The maximum Gasteiger partial charge on any atom is 0.224 e. The van der Waals surface area contributed by atoms with Crippen LogP contribution in [-0.4, -0.2) is 21.5 Å². The molecule has 0 spiro atoms. The molecule has 5 nitrogen and oxygen atoms in total. The summed E-state index contributed by atoms with van der Waals surface area (Å²) in [6.07, 6.45) is 1.86. The van der Waals surface area contributed by atoms with Crippen LogP contribution in [-0.2, 0) is 17.9 Å². The van der Waals surface area contributed by atoms with Crippen molar-refractivity contribution >= 4 is 41.8 Å². The number of benzene rings is 2. The van der Waals surface area contributed by atoms with E-state index in [9.17, 15) is 4.79 Å². The van der Waals surface area contributed by atoms with Gasteiger partial charge in [-0.05, 0) is 30.2 Å².